The third-order valence-electron chi connectivity index (χ3n) is 4.48. The third-order valence-corrected chi connectivity index (χ3v) is 4.48. The zero-order chi connectivity index (χ0) is 20.5. The van der Waals surface area contributed by atoms with Crippen molar-refractivity contribution in [3.05, 3.63) is 59.7 Å². The van der Waals surface area contributed by atoms with Crippen LogP contribution in [0.4, 0.5) is 5.69 Å². The highest BCUT2D eigenvalue weighted by molar-refractivity contribution is 6.05. The smallest absolute Gasteiger partial charge is 0.255 e. The molecular formula is C23H30N2O3. The van der Waals surface area contributed by atoms with E-state index in [1.807, 2.05) is 19.9 Å². The van der Waals surface area contributed by atoms with Gasteiger partial charge in [0.1, 0.15) is 5.75 Å². The van der Waals surface area contributed by atoms with Crippen LogP contribution in [-0.4, -0.2) is 36.4 Å². The van der Waals surface area contributed by atoms with Gasteiger partial charge in [0.2, 0.25) is 0 Å². The molecule has 0 bridgehead atoms. The van der Waals surface area contributed by atoms with Crippen LogP contribution in [0, 0.1) is 5.92 Å². The van der Waals surface area contributed by atoms with Crippen molar-refractivity contribution in [2.45, 2.75) is 34.1 Å². The van der Waals surface area contributed by atoms with Crippen molar-refractivity contribution < 1.29 is 14.3 Å². The molecule has 0 radical (unpaired) electrons. The van der Waals surface area contributed by atoms with Gasteiger partial charge < -0.3 is 15.0 Å². The summed E-state index contributed by atoms with van der Waals surface area (Å²) in [5, 5.41) is 2.86. The van der Waals surface area contributed by atoms with Crippen LogP contribution in [0.5, 0.6) is 5.75 Å². The average Bonchev–Trinajstić information content (AvgIpc) is 2.69. The van der Waals surface area contributed by atoms with E-state index in [9.17, 15) is 9.59 Å². The van der Waals surface area contributed by atoms with Crippen LogP contribution in [0.25, 0.3) is 0 Å². The number of anilines is 1. The van der Waals surface area contributed by atoms with E-state index in [2.05, 4.69) is 19.2 Å². The Labute approximate surface area is 167 Å². The molecule has 0 spiro atoms. The van der Waals surface area contributed by atoms with Gasteiger partial charge in [-0.2, -0.15) is 0 Å². The molecule has 0 heterocycles. The second-order valence-electron chi connectivity index (χ2n) is 7.07. The maximum Gasteiger partial charge on any atom is 0.255 e. The van der Waals surface area contributed by atoms with Crippen LogP contribution in [-0.2, 0) is 0 Å². The quantitative estimate of drug-likeness (QED) is 0.675. The molecule has 0 saturated carbocycles. The molecule has 2 aromatic carbocycles. The molecule has 1 N–H and O–H groups in total. The number of nitrogens with one attached hydrogen (secondary N) is 1. The van der Waals surface area contributed by atoms with Crippen LogP contribution in [0.1, 0.15) is 54.8 Å². The van der Waals surface area contributed by atoms with E-state index in [-0.39, 0.29) is 11.8 Å². The fraction of sp³-hybridized carbons (Fsp3) is 0.391. The Morgan fingerprint density at radius 3 is 2.36 bits per heavy atom. The van der Waals surface area contributed by atoms with E-state index in [0.29, 0.717) is 48.2 Å². The summed E-state index contributed by atoms with van der Waals surface area (Å²) in [6, 6.07) is 14.2. The molecule has 0 aliphatic rings. The first-order valence-corrected chi connectivity index (χ1v) is 9.88. The summed E-state index contributed by atoms with van der Waals surface area (Å²) in [4.78, 5) is 26.9. The highest BCUT2D eigenvalue weighted by Gasteiger charge is 2.14. The zero-order valence-corrected chi connectivity index (χ0v) is 17.2. The fourth-order valence-corrected chi connectivity index (χ4v) is 2.77. The van der Waals surface area contributed by atoms with Gasteiger partial charge in [-0.05, 0) is 62.6 Å². The van der Waals surface area contributed by atoms with Gasteiger partial charge >= 0.3 is 0 Å². The first kappa shape index (κ1) is 21.5. The summed E-state index contributed by atoms with van der Waals surface area (Å²) in [6.07, 6.45) is 0.962. The first-order valence-electron chi connectivity index (χ1n) is 9.88. The Kier molecular flexibility index (Phi) is 8.05. The molecule has 28 heavy (non-hydrogen) atoms. The van der Waals surface area contributed by atoms with Gasteiger partial charge in [-0.1, -0.05) is 26.0 Å². The lowest BCUT2D eigenvalue weighted by Gasteiger charge is -2.19. The van der Waals surface area contributed by atoms with E-state index < -0.39 is 0 Å². The average molecular weight is 383 g/mol. The predicted octanol–water partition coefficient (Wildman–Crippen LogP) is 4.85. The van der Waals surface area contributed by atoms with Gasteiger partial charge in [0.15, 0.2) is 0 Å². The number of hydrogen-bond acceptors (Lipinski definition) is 3. The summed E-state index contributed by atoms with van der Waals surface area (Å²) in [5.41, 5.74) is 1.67. The maximum atomic E-state index is 12.6. The van der Waals surface area contributed by atoms with Crippen molar-refractivity contribution in [3.63, 3.8) is 0 Å². The molecule has 2 aromatic rings. The lowest BCUT2D eigenvalue weighted by Crippen LogP contribution is -2.30. The van der Waals surface area contributed by atoms with Gasteiger partial charge in [0.25, 0.3) is 11.8 Å². The Morgan fingerprint density at radius 1 is 1.00 bits per heavy atom. The number of carbonyl (C=O) groups excluding carboxylic acids is 2. The molecule has 150 valence electrons. The van der Waals surface area contributed by atoms with Crippen molar-refractivity contribution >= 4 is 17.5 Å². The zero-order valence-electron chi connectivity index (χ0n) is 17.2. The van der Waals surface area contributed by atoms with Crippen molar-refractivity contribution in [3.8, 4) is 5.75 Å². The van der Waals surface area contributed by atoms with Crippen LogP contribution >= 0.6 is 0 Å². The fourth-order valence-electron chi connectivity index (χ4n) is 2.77. The minimum absolute atomic E-state index is 0.0401. The molecule has 5 nitrogen and oxygen atoms in total. The molecule has 0 saturated heterocycles. The number of hydrogen-bond donors (Lipinski definition) is 1. The molecule has 0 atom stereocenters. The highest BCUT2D eigenvalue weighted by Crippen LogP contribution is 2.18. The lowest BCUT2D eigenvalue weighted by molar-refractivity contribution is 0.0772. The molecule has 2 rings (SSSR count). The second-order valence-corrected chi connectivity index (χ2v) is 7.07. The molecule has 0 aliphatic heterocycles. The predicted molar refractivity (Wildman–Crippen MR) is 113 cm³/mol. The Hall–Kier alpha value is -2.82. The van der Waals surface area contributed by atoms with Crippen molar-refractivity contribution in [2.75, 3.05) is 25.0 Å². The molecule has 0 aromatic heterocycles. The molecule has 5 heteroatoms. The standard InChI is InChI=1S/C23H30N2O3/c1-5-25(6-2)23(27)19-10-7-11-20(15-19)24-22(26)18-9-8-12-21(16-18)28-14-13-17(3)4/h7-12,15-17H,5-6,13-14H2,1-4H3,(H,24,26). The van der Waals surface area contributed by atoms with Crippen LogP contribution in [0.3, 0.4) is 0 Å². The van der Waals surface area contributed by atoms with Crippen molar-refractivity contribution in [1.29, 1.82) is 0 Å². The summed E-state index contributed by atoms with van der Waals surface area (Å²) >= 11 is 0. The summed E-state index contributed by atoms with van der Waals surface area (Å²) in [7, 11) is 0. The third kappa shape index (κ3) is 6.12. The number of amides is 2. The Bertz CT molecular complexity index is 798. The number of nitrogens with zero attached hydrogens (tertiary/aromatic N) is 1. The number of rotatable bonds is 9. The molecule has 0 aliphatic carbocycles. The van der Waals surface area contributed by atoms with E-state index in [1.165, 1.54) is 0 Å². The van der Waals surface area contributed by atoms with E-state index in [4.69, 9.17) is 4.74 Å². The Morgan fingerprint density at radius 2 is 1.68 bits per heavy atom. The SMILES string of the molecule is CCN(CC)C(=O)c1cccc(NC(=O)c2cccc(OCCC(C)C)c2)c1. The summed E-state index contributed by atoms with van der Waals surface area (Å²) < 4.78 is 5.73. The van der Waals surface area contributed by atoms with Crippen LogP contribution in [0.15, 0.2) is 48.5 Å². The molecule has 0 unspecified atom stereocenters. The molecular weight excluding hydrogens is 352 g/mol. The number of carbonyl (C=O) groups is 2. The highest BCUT2D eigenvalue weighted by atomic mass is 16.5. The molecule has 0 fully saturated rings. The van der Waals surface area contributed by atoms with Crippen molar-refractivity contribution in [2.24, 2.45) is 5.92 Å². The van der Waals surface area contributed by atoms with E-state index >= 15 is 0 Å². The monoisotopic (exact) mass is 382 g/mol. The lowest BCUT2D eigenvalue weighted by atomic mass is 10.1. The van der Waals surface area contributed by atoms with Gasteiger partial charge in [-0.25, -0.2) is 0 Å². The normalized spacial score (nSPS) is 10.6. The number of ether oxygens (including phenoxy) is 1. The van der Waals surface area contributed by atoms with E-state index in [1.54, 1.807) is 47.4 Å². The Balaban J connectivity index is 2.07. The molecule has 2 amide bonds. The summed E-state index contributed by atoms with van der Waals surface area (Å²) in [5.74, 6) is 0.972. The van der Waals surface area contributed by atoms with Gasteiger partial charge in [0, 0.05) is 29.9 Å². The largest absolute Gasteiger partial charge is 0.494 e. The summed E-state index contributed by atoms with van der Waals surface area (Å²) in [6.45, 7) is 10.1. The number of benzene rings is 2. The van der Waals surface area contributed by atoms with Gasteiger partial charge in [-0.3, -0.25) is 9.59 Å². The van der Waals surface area contributed by atoms with Gasteiger partial charge in [0.05, 0.1) is 6.61 Å². The van der Waals surface area contributed by atoms with Crippen LogP contribution in [0.2, 0.25) is 0 Å². The topological polar surface area (TPSA) is 58.6 Å². The minimum atomic E-state index is -0.234. The van der Waals surface area contributed by atoms with Crippen LogP contribution < -0.4 is 10.1 Å². The minimum Gasteiger partial charge on any atom is -0.494 e. The maximum absolute atomic E-state index is 12.6. The van der Waals surface area contributed by atoms with Crippen molar-refractivity contribution in [1.82, 2.24) is 4.90 Å². The second kappa shape index (κ2) is 10.5. The van der Waals surface area contributed by atoms with E-state index in [0.717, 1.165) is 6.42 Å². The first-order chi connectivity index (χ1) is 13.4. The van der Waals surface area contributed by atoms with Gasteiger partial charge in [-0.15, -0.1) is 0 Å².